The quantitative estimate of drug-likeness (QED) is 0.175. The zero-order valence-corrected chi connectivity index (χ0v) is 32.4. The van der Waals surface area contributed by atoms with Crippen molar-refractivity contribution in [3.63, 3.8) is 0 Å². The van der Waals surface area contributed by atoms with Crippen molar-refractivity contribution < 1.29 is 0 Å². The van der Waals surface area contributed by atoms with Gasteiger partial charge < -0.3 is 9.80 Å². The summed E-state index contributed by atoms with van der Waals surface area (Å²) in [7, 11) is 0. The van der Waals surface area contributed by atoms with Crippen LogP contribution in [0.2, 0.25) is 0 Å². The van der Waals surface area contributed by atoms with Crippen molar-refractivity contribution in [2.45, 2.75) is 38.5 Å². The van der Waals surface area contributed by atoms with Gasteiger partial charge in [-0.25, -0.2) is 0 Å². The zero-order valence-electron chi connectivity index (χ0n) is 32.4. The Morgan fingerprint density at radius 2 is 0.589 bits per heavy atom. The van der Waals surface area contributed by atoms with Gasteiger partial charge in [-0.05, 0) is 93.0 Å². The molecule has 2 heteroatoms. The van der Waals surface area contributed by atoms with Gasteiger partial charge in [0.15, 0.2) is 0 Å². The van der Waals surface area contributed by atoms with Crippen molar-refractivity contribution in [3.8, 4) is 33.4 Å². The third-order valence-corrected chi connectivity index (χ3v) is 12.3. The standard InChI is InChI=1S/C54H44N2/c1-53(2)43-25-13-17-29-49(43)55(47-27-15-11-23-41(47)37-19-7-5-8-20-37)51-33-31-39(35-45(51)53)40-32-34-52-46(36-40)54(3,4)44-26-14-18-30-50(44)56(52)48-28-16-12-24-42(48)38-21-9-6-10-22-38/h5-36H,1-4H3. The smallest absolute Gasteiger partial charge is 0.0540 e. The van der Waals surface area contributed by atoms with Crippen molar-refractivity contribution >= 4 is 34.1 Å². The predicted molar refractivity (Wildman–Crippen MR) is 236 cm³/mol. The molecule has 0 amide bonds. The highest BCUT2D eigenvalue weighted by Crippen LogP contribution is 2.56. The van der Waals surface area contributed by atoms with Crippen LogP contribution in [0.1, 0.15) is 49.9 Å². The van der Waals surface area contributed by atoms with Gasteiger partial charge in [0.1, 0.15) is 0 Å². The van der Waals surface area contributed by atoms with Gasteiger partial charge in [-0.15, -0.1) is 0 Å². The molecule has 8 aromatic carbocycles. The molecule has 0 saturated heterocycles. The Kier molecular flexibility index (Phi) is 7.87. The first kappa shape index (κ1) is 33.9. The van der Waals surface area contributed by atoms with Crippen molar-refractivity contribution in [1.82, 2.24) is 0 Å². The molecule has 0 radical (unpaired) electrons. The SMILES string of the molecule is CC1(C)c2ccccc2N(c2ccccc2-c2ccccc2)c2ccc(-c3ccc4c(c3)C(C)(C)c3ccccc3N4c3ccccc3-c3ccccc3)cc21. The van der Waals surface area contributed by atoms with Gasteiger partial charge in [0.05, 0.1) is 34.1 Å². The number of benzene rings is 8. The van der Waals surface area contributed by atoms with Crippen molar-refractivity contribution in [2.75, 3.05) is 9.80 Å². The molecule has 2 aliphatic rings. The van der Waals surface area contributed by atoms with Crippen LogP contribution in [0.15, 0.2) is 194 Å². The minimum Gasteiger partial charge on any atom is -0.309 e. The van der Waals surface area contributed by atoms with Gasteiger partial charge in [0.25, 0.3) is 0 Å². The molecule has 0 spiro atoms. The Morgan fingerprint density at radius 3 is 1.00 bits per heavy atom. The molecule has 0 N–H and O–H groups in total. The summed E-state index contributed by atoms with van der Waals surface area (Å²) in [4.78, 5) is 4.97. The number of fused-ring (bicyclic) bond motifs is 4. The second kappa shape index (κ2) is 13.0. The highest BCUT2D eigenvalue weighted by Gasteiger charge is 2.39. The van der Waals surface area contributed by atoms with Gasteiger partial charge in [0, 0.05) is 22.0 Å². The second-order valence-corrected chi connectivity index (χ2v) is 16.2. The molecular weight excluding hydrogens is 677 g/mol. The van der Waals surface area contributed by atoms with E-state index in [1.165, 1.54) is 89.8 Å². The number of hydrogen-bond donors (Lipinski definition) is 0. The molecule has 2 heterocycles. The molecule has 0 bridgehead atoms. The summed E-state index contributed by atoms with van der Waals surface area (Å²) in [6.45, 7) is 9.52. The van der Waals surface area contributed by atoms with E-state index >= 15 is 0 Å². The number of nitrogens with zero attached hydrogens (tertiary/aromatic N) is 2. The number of hydrogen-bond acceptors (Lipinski definition) is 2. The molecule has 0 unspecified atom stereocenters. The summed E-state index contributed by atoms with van der Waals surface area (Å²) in [5.74, 6) is 0. The fourth-order valence-corrected chi connectivity index (χ4v) is 9.35. The molecule has 10 rings (SSSR count). The summed E-state index contributed by atoms with van der Waals surface area (Å²) in [6, 6.07) is 71.3. The van der Waals surface area contributed by atoms with Gasteiger partial charge >= 0.3 is 0 Å². The number of para-hydroxylation sites is 4. The van der Waals surface area contributed by atoms with Crippen LogP contribution in [0.4, 0.5) is 34.1 Å². The summed E-state index contributed by atoms with van der Waals surface area (Å²) in [5, 5.41) is 0. The maximum Gasteiger partial charge on any atom is 0.0540 e. The van der Waals surface area contributed by atoms with Crippen molar-refractivity contribution in [3.05, 3.63) is 216 Å². The van der Waals surface area contributed by atoms with E-state index in [1.807, 2.05) is 0 Å². The van der Waals surface area contributed by atoms with Crippen molar-refractivity contribution in [2.24, 2.45) is 0 Å². The second-order valence-electron chi connectivity index (χ2n) is 16.2. The van der Waals surface area contributed by atoms with E-state index in [0.717, 1.165) is 0 Å². The Hall–Kier alpha value is -6.64. The molecule has 0 aromatic heterocycles. The van der Waals surface area contributed by atoms with E-state index in [9.17, 15) is 0 Å². The van der Waals surface area contributed by atoms with Gasteiger partial charge in [-0.3, -0.25) is 0 Å². The Labute approximate surface area is 331 Å². The van der Waals surface area contributed by atoms with Crippen LogP contribution in [-0.4, -0.2) is 0 Å². The lowest BCUT2D eigenvalue weighted by molar-refractivity contribution is 0.631. The number of anilines is 6. The van der Waals surface area contributed by atoms with E-state index in [1.54, 1.807) is 0 Å². The van der Waals surface area contributed by atoms with Gasteiger partial charge in [-0.1, -0.05) is 173 Å². The molecule has 2 aliphatic heterocycles. The molecule has 8 aromatic rings. The van der Waals surface area contributed by atoms with Crippen LogP contribution in [0.25, 0.3) is 33.4 Å². The minimum absolute atomic E-state index is 0.218. The molecule has 0 fully saturated rings. The van der Waals surface area contributed by atoms with Crippen LogP contribution < -0.4 is 9.80 Å². The Balaban J connectivity index is 1.14. The average Bonchev–Trinajstić information content (AvgIpc) is 3.25. The normalized spacial score (nSPS) is 14.6. The van der Waals surface area contributed by atoms with Gasteiger partial charge in [0.2, 0.25) is 0 Å². The van der Waals surface area contributed by atoms with Gasteiger partial charge in [-0.2, -0.15) is 0 Å². The van der Waals surface area contributed by atoms with Crippen LogP contribution in [-0.2, 0) is 10.8 Å². The fourth-order valence-electron chi connectivity index (χ4n) is 9.35. The van der Waals surface area contributed by atoms with Crippen molar-refractivity contribution in [1.29, 1.82) is 0 Å². The molecule has 0 saturated carbocycles. The Morgan fingerprint density at radius 1 is 0.268 bits per heavy atom. The van der Waals surface area contributed by atoms with E-state index < -0.39 is 0 Å². The molecule has 56 heavy (non-hydrogen) atoms. The van der Waals surface area contributed by atoms with E-state index in [2.05, 4.69) is 232 Å². The molecule has 2 nitrogen and oxygen atoms in total. The Bertz CT molecular complexity index is 2570. The third kappa shape index (κ3) is 5.24. The van der Waals surface area contributed by atoms with Crippen LogP contribution in [0.5, 0.6) is 0 Å². The maximum absolute atomic E-state index is 2.48. The monoisotopic (exact) mass is 720 g/mol. The first-order chi connectivity index (χ1) is 27.3. The summed E-state index contributed by atoms with van der Waals surface area (Å²) >= 11 is 0. The number of rotatable bonds is 5. The highest BCUT2D eigenvalue weighted by molar-refractivity contribution is 5.95. The minimum atomic E-state index is -0.218. The van der Waals surface area contributed by atoms with Crippen LogP contribution in [0.3, 0.4) is 0 Å². The molecule has 0 atom stereocenters. The predicted octanol–water partition coefficient (Wildman–Crippen LogP) is 14.9. The highest BCUT2D eigenvalue weighted by atomic mass is 15.2. The van der Waals surface area contributed by atoms with E-state index in [4.69, 9.17) is 0 Å². The lowest BCUT2D eigenvalue weighted by Gasteiger charge is -2.43. The molecular formula is C54H44N2. The molecule has 0 aliphatic carbocycles. The maximum atomic E-state index is 2.48. The zero-order chi connectivity index (χ0) is 38.0. The van der Waals surface area contributed by atoms with Crippen LogP contribution >= 0.6 is 0 Å². The lowest BCUT2D eigenvalue weighted by atomic mass is 9.71. The summed E-state index contributed by atoms with van der Waals surface area (Å²) in [6.07, 6.45) is 0. The average molecular weight is 721 g/mol. The largest absolute Gasteiger partial charge is 0.309 e. The molecule has 270 valence electrons. The summed E-state index contributed by atoms with van der Waals surface area (Å²) < 4.78 is 0. The first-order valence-corrected chi connectivity index (χ1v) is 19.7. The fraction of sp³-hybridized carbons (Fsp3) is 0.111. The lowest BCUT2D eigenvalue weighted by Crippen LogP contribution is -2.31. The van der Waals surface area contributed by atoms with Crippen LogP contribution in [0, 0.1) is 0 Å². The topological polar surface area (TPSA) is 6.48 Å². The summed E-state index contributed by atoms with van der Waals surface area (Å²) in [5.41, 5.74) is 19.4. The van der Waals surface area contributed by atoms with E-state index in [-0.39, 0.29) is 10.8 Å². The first-order valence-electron chi connectivity index (χ1n) is 19.7. The third-order valence-electron chi connectivity index (χ3n) is 12.3. The van der Waals surface area contributed by atoms with E-state index in [0.29, 0.717) is 0 Å².